The lowest BCUT2D eigenvalue weighted by molar-refractivity contribution is 0.545. The van der Waals surface area contributed by atoms with E-state index in [4.69, 9.17) is 0 Å². The van der Waals surface area contributed by atoms with E-state index in [9.17, 15) is 0 Å². The zero-order valence-electron chi connectivity index (χ0n) is 12.1. The molecule has 2 N–H and O–H groups in total. The highest BCUT2D eigenvalue weighted by atomic mass is 15.1. The van der Waals surface area contributed by atoms with Crippen LogP contribution in [0.15, 0.2) is 6.07 Å². The van der Waals surface area contributed by atoms with E-state index in [0.717, 1.165) is 24.0 Å². The van der Waals surface area contributed by atoms with Crippen LogP contribution in [0.5, 0.6) is 0 Å². The molecule has 1 aliphatic rings. The number of hydrogen-bond acceptors (Lipinski definition) is 4. The third-order valence-corrected chi connectivity index (χ3v) is 3.45. The predicted molar refractivity (Wildman–Crippen MR) is 76.1 cm³/mol. The lowest BCUT2D eigenvalue weighted by Gasteiger charge is -2.19. The monoisotopic (exact) mass is 248 g/mol. The van der Waals surface area contributed by atoms with Crippen LogP contribution >= 0.6 is 0 Å². The molecule has 0 unspecified atom stereocenters. The highest BCUT2D eigenvalue weighted by Gasteiger charge is 2.36. The van der Waals surface area contributed by atoms with Gasteiger partial charge in [0.25, 0.3) is 0 Å². The second kappa shape index (κ2) is 4.41. The smallest absolute Gasteiger partial charge is 0.138 e. The van der Waals surface area contributed by atoms with E-state index in [1.165, 1.54) is 12.8 Å². The van der Waals surface area contributed by atoms with Crippen LogP contribution in [-0.2, 0) is 5.41 Å². The fourth-order valence-corrected chi connectivity index (χ4v) is 1.70. The second-order valence-electron chi connectivity index (χ2n) is 6.63. The molecule has 0 radical (unpaired) electrons. The van der Waals surface area contributed by atoms with E-state index in [1.54, 1.807) is 0 Å². The summed E-state index contributed by atoms with van der Waals surface area (Å²) < 4.78 is 0. The lowest BCUT2D eigenvalue weighted by Crippen LogP contribution is -2.19. The van der Waals surface area contributed by atoms with Crippen molar-refractivity contribution in [2.75, 3.05) is 24.2 Å². The number of nitrogens with zero attached hydrogens (tertiary/aromatic N) is 2. The van der Waals surface area contributed by atoms with Gasteiger partial charge in [-0.05, 0) is 18.3 Å². The Morgan fingerprint density at radius 1 is 1.22 bits per heavy atom. The van der Waals surface area contributed by atoms with Gasteiger partial charge < -0.3 is 10.6 Å². The van der Waals surface area contributed by atoms with E-state index in [0.29, 0.717) is 5.41 Å². The number of hydrogen-bond donors (Lipinski definition) is 2. The van der Waals surface area contributed by atoms with Gasteiger partial charge in [0.1, 0.15) is 17.5 Å². The number of aromatic nitrogens is 2. The fraction of sp³-hybridized carbons (Fsp3) is 0.714. The molecule has 0 aromatic carbocycles. The van der Waals surface area contributed by atoms with Gasteiger partial charge in [-0.1, -0.05) is 27.7 Å². The molecule has 100 valence electrons. The topological polar surface area (TPSA) is 49.8 Å². The molecular formula is C14H24N4. The average molecular weight is 248 g/mol. The molecule has 1 aromatic rings. The summed E-state index contributed by atoms with van der Waals surface area (Å²) in [7, 11) is 1.89. The average Bonchev–Trinajstić information content (AvgIpc) is 3.04. The molecule has 18 heavy (non-hydrogen) atoms. The first kappa shape index (κ1) is 13.1. The van der Waals surface area contributed by atoms with Gasteiger partial charge in [0, 0.05) is 25.1 Å². The third kappa shape index (κ3) is 3.12. The van der Waals surface area contributed by atoms with Gasteiger partial charge in [0.2, 0.25) is 0 Å². The van der Waals surface area contributed by atoms with Crippen LogP contribution in [0.4, 0.5) is 11.6 Å². The molecular weight excluding hydrogens is 224 g/mol. The van der Waals surface area contributed by atoms with Gasteiger partial charge in [0.15, 0.2) is 0 Å². The minimum atomic E-state index is -0.0349. The Balaban J connectivity index is 2.18. The summed E-state index contributed by atoms with van der Waals surface area (Å²) in [5.74, 6) is 2.67. The maximum absolute atomic E-state index is 4.62. The normalized spacial score (nSPS) is 17.4. The SMILES string of the molecule is CNc1cc(NCC2(C)CC2)nc(C(C)(C)C)n1. The molecule has 0 saturated heterocycles. The Morgan fingerprint density at radius 3 is 2.33 bits per heavy atom. The Labute approximate surface area is 110 Å². The van der Waals surface area contributed by atoms with Crippen LogP contribution in [0.25, 0.3) is 0 Å². The first-order valence-electron chi connectivity index (χ1n) is 6.64. The second-order valence-corrected chi connectivity index (χ2v) is 6.63. The summed E-state index contributed by atoms with van der Waals surface area (Å²) in [6.07, 6.45) is 2.63. The highest BCUT2D eigenvalue weighted by Crippen LogP contribution is 2.44. The first-order chi connectivity index (χ1) is 8.32. The molecule has 1 saturated carbocycles. The minimum absolute atomic E-state index is 0.0349. The molecule has 0 amide bonds. The molecule has 4 heteroatoms. The van der Waals surface area contributed by atoms with Crippen molar-refractivity contribution in [2.45, 2.75) is 46.0 Å². The van der Waals surface area contributed by atoms with Crippen molar-refractivity contribution >= 4 is 11.6 Å². The molecule has 1 heterocycles. The van der Waals surface area contributed by atoms with Crippen molar-refractivity contribution in [2.24, 2.45) is 5.41 Å². The maximum atomic E-state index is 4.62. The van der Waals surface area contributed by atoms with Crippen LogP contribution in [-0.4, -0.2) is 23.6 Å². The van der Waals surface area contributed by atoms with Crippen molar-refractivity contribution in [1.29, 1.82) is 0 Å². The Kier molecular flexibility index (Phi) is 3.21. The van der Waals surface area contributed by atoms with Crippen LogP contribution < -0.4 is 10.6 Å². The van der Waals surface area contributed by atoms with Gasteiger partial charge in [-0.15, -0.1) is 0 Å². The van der Waals surface area contributed by atoms with Crippen molar-refractivity contribution in [1.82, 2.24) is 9.97 Å². The number of rotatable bonds is 4. The van der Waals surface area contributed by atoms with E-state index >= 15 is 0 Å². The highest BCUT2D eigenvalue weighted by molar-refractivity contribution is 5.48. The predicted octanol–water partition coefficient (Wildman–Crippen LogP) is 3.03. The molecule has 1 fully saturated rings. The molecule has 1 aromatic heterocycles. The Morgan fingerprint density at radius 2 is 1.83 bits per heavy atom. The van der Waals surface area contributed by atoms with Crippen LogP contribution in [0, 0.1) is 5.41 Å². The summed E-state index contributed by atoms with van der Waals surface area (Å²) in [6, 6.07) is 1.97. The van der Waals surface area contributed by atoms with Gasteiger partial charge in [-0.25, -0.2) is 9.97 Å². The van der Waals surface area contributed by atoms with E-state index < -0.39 is 0 Å². The summed E-state index contributed by atoms with van der Waals surface area (Å²) in [6.45, 7) is 9.71. The number of anilines is 2. The minimum Gasteiger partial charge on any atom is -0.373 e. The van der Waals surface area contributed by atoms with Crippen LogP contribution in [0.1, 0.15) is 46.4 Å². The van der Waals surface area contributed by atoms with Gasteiger partial charge in [0.05, 0.1) is 0 Å². The third-order valence-electron chi connectivity index (χ3n) is 3.45. The van der Waals surface area contributed by atoms with Crippen LogP contribution in [0.3, 0.4) is 0 Å². The first-order valence-corrected chi connectivity index (χ1v) is 6.64. The van der Waals surface area contributed by atoms with E-state index in [2.05, 4.69) is 48.3 Å². The van der Waals surface area contributed by atoms with Crippen molar-refractivity contribution in [3.63, 3.8) is 0 Å². The molecule has 2 rings (SSSR count). The summed E-state index contributed by atoms with van der Waals surface area (Å²) in [5.41, 5.74) is 0.444. The van der Waals surface area contributed by atoms with Crippen LogP contribution in [0.2, 0.25) is 0 Å². The van der Waals surface area contributed by atoms with Crippen molar-refractivity contribution < 1.29 is 0 Å². The molecule has 0 aliphatic heterocycles. The quantitative estimate of drug-likeness (QED) is 0.860. The van der Waals surface area contributed by atoms with E-state index in [1.807, 2.05) is 13.1 Å². The van der Waals surface area contributed by atoms with Gasteiger partial charge in [-0.2, -0.15) is 0 Å². The van der Waals surface area contributed by atoms with Crippen molar-refractivity contribution in [3.8, 4) is 0 Å². The summed E-state index contributed by atoms with van der Waals surface area (Å²) in [5, 5.41) is 6.54. The van der Waals surface area contributed by atoms with Gasteiger partial charge in [-0.3, -0.25) is 0 Å². The van der Waals surface area contributed by atoms with Crippen molar-refractivity contribution in [3.05, 3.63) is 11.9 Å². The summed E-state index contributed by atoms with van der Waals surface area (Å²) in [4.78, 5) is 9.14. The largest absolute Gasteiger partial charge is 0.373 e. The molecule has 4 nitrogen and oxygen atoms in total. The van der Waals surface area contributed by atoms with Gasteiger partial charge >= 0.3 is 0 Å². The lowest BCUT2D eigenvalue weighted by atomic mass is 9.96. The molecule has 0 spiro atoms. The Hall–Kier alpha value is -1.32. The maximum Gasteiger partial charge on any atom is 0.138 e. The van der Waals surface area contributed by atoms with E-state index in [-0.39, 0.29) is 5.41 Å². The standard InChI is InChI=1S/C14H24N4/c1-13(2,3)12-17-10(15-5)8-11(18-12)16-9-14(4)6-7-14/h8H,6-7,9H2,1-5H3,(H2,15,16,17,18). The molecule has 1 aliphatic carbocycles. The summed E-state index contributed by atoms with van der Waals surface area (Å²) >= 11 is 0. The number of nitrogens with one attached hydrogen (secondary N) is 2. The molecule has 0 bridgehead atoms. The molecule has 0 atom stereocenters. The zero-order valence-corrected chi connectivity index (χ0v) is 12.1. The fourth-order valence-electron chi connectivity index (χ4n) is 1.70. The zero-order chi connectivity index (χ0) is 13.4. The Bertz CT molecular complexity index is 430.